The van der Waals surface area contributed by atoms with E-state index in [0.29, 0.717) is 0 Å². The molecule has 16 heteroatoms. The molecule has 0 radical (unpaired) electrons. The maximum atomic E-state index is 8.52. The predicted octanol–water partition coefficient (Wildman–Crippen LogP) is 0.0770. The first-order valence-corrected chi connectivity index (χ1v) is 13.4. The zero-order valence-electron chi connectivity index (χ0n) is 6.59. The summed E-state index contributed by atoms with van der Waals surface area (Å²) in [5.74, 6) is 0. The van der Waals surface area contributed by atoms with Gasteiger partial charge in [-0.3, -0.25) is 16.8 Å². The second-order valence-electron chi connectivity index (χ2n) is 1.25. The molecule has 0 fully saturated rings. The summed E-state index contributed by atoms with van der Waals surface area (Å²) in [6.07, 6.45) is 0. The van der Waals surface area contributed by atoms with Crippen LogP contribution in [0.15, 0.2) is 0 Å². The van der Waals surface area contributed by atoms with Crippen LogP contribution in [0.25, 0.3) is 0 Å². The minimum atomic E-state index is -5.17. The topological polar surface area (TPSA) is 161 Å². The fourth-order valence-corrected chi connectivity index (χ4v) is 0. The van der Waals surface area contributed by atoms with E-state index in [4.69, 9.17) is 72.3 Å². The number of rotatable bonds is 0. The molecule has 0 aromatic carbocycles. The van der Waals surface area contributed by atoms with Gasteiger partial charge in [-0.1, -0.05) is 0 Å². The van der Waals surface area contributed by atoms with Gasteiger partial charge in [-0.2, -0.15) is 0 Å². The summed E-state index contributed by atoms with van der Waals surface area (Å²) in [6.45, 7) is 0. The molecular formula is Cl4O8S2Ti2. The zero-order chi connectivity index (χ0) is 13.5. The van der Waals surface area contributed by atoms with E-state index in [1.165, 1.54) is 0 Å². The fourth-order valence-electron chi connectivity index (χ4n) is 0. The summed E-state index contributed by atoms with van der Waals surface area (Å²) < 4.78 is 68.2. The van der Waals surface area contributed by atoms with E-state index in [9.17, 15) is 0 Å². The van der Waals surface area contributed by atoms with E-state index in [1.54, 1.807) is 0 Å². The monoisotopic (exact) mass is 428 g/mol. The quantitative estimate of drug-likeness (QED) is 0.297. The van der Waals surface area contributed by atoms with Gasteiger partial charge in [0.15, 0.2) is 0 Å². The van der Waals surface area contributed by atoms with Crippen molar-refractivity contribution >= 4 is 58.0 Å². The Morgan fingerprint density at radius 3 is 0.688 bits per heavy atom. The molecule has 0 aliphatic rings. The average Bonchev–Trinajstić information content (AvgIpc) is 1.41. The molecule has 0 N–H and O–H groups in total. The van der Waals surface area contributed by atoms with Gasteiger partial charge in [0.2, 0.25) is 0 Å². The third kappa shape index (κ3) is 708. The van der Waals surface area contributed by atoms with Gasteiger partial charge in [-0.25, -0.2) is 0 Å². The van der Waals surface area contributed by atoms with Crippen LogP contribution < -0.4 is 0 Å². The van der Waals surface area contributed by atoms with Crippen LogP contribution in [0.4, 0.5) is 0 Å². The van der Waals surface area contributed by atoms with Crippen LogP contribution in [0, 0.1) is 0 Å². The molecule has 0 atom stereocenters. The van der Waals surface area contributed by atoms with E-state index >= 15 is 0 Å². The van der Waals surface area contributed by atoms with Crippen molar-refractivity contribution in [1.29, 1.82) is 0 Å². The van der Waals surface area contributed by atoms with Crippen molar-refractivity contribution in [1.82, 2.24) is 0 Å². The summed E-state index contributed by atoms with van der Waals surface area (Å²) in [4.78, 5) is 0. The Hall–Kier alpha value is 2.33. The summed E-state index contributed by atoms with van der Waals surface area (Å²) in [5, 5.41) is 0. The molecule has 8 nitrogen and oxygen atoms in total. The van der Waals surface area contributed by atoms with Crippen LogP contribution in [0.5, 0.6) is 0 Å². The van der Waals surface area contributed by atoms with Crippen LogP contribution in [-0.4, -0.2) is 35.0 Å². The van der Waals surface area contributed by atoms with Crippen molar-refractivity contribution in [2.24, 2.45) is 0 Å². The average molecular weight is 430 g/mol. The number of halogens is 4. The van der Waals surface area contributed by atoms with Gasteiger partial charge in [0.25, 0.3) is 0 Å². The molecule has 0 unspecified atom stereocenters. The van der Waals surface area contributed by atoms with E-state index in [0.717, 1.165) is 0 Å². The van der Waals surface area contributed by atoms with Gasteiger partial charge < -0.3 is 18.2 Å². The second kappa shape index (κ2) is 11.2. The Morgan fingerprint density at radius 2 is 0.688 bits per heavy atom. The first kappa shape index (κ1) is 26.8. The van der Waals surface area contributed by atoms with Gasteiger partial charge in [-0.05, 0) is 0 Å². The minimum absolute atomic E-state index is 0. The minimum Gasteiger partial charge on any atom is 4.00 e. The Bertz CT molecular complexity index is 287. The van der Waals surface area contributed by atoms with E-state index < -0.39 is 33.1 Å². The SMILES string of the molecule is O=S(=O)([O-])[O-].O=S(=O)([O-])[O-].[Cl][Ti]([Cl])([Cl])[Cl].[Ti+4]. The van der Waals surface area contributed by atoms with Gasteiger partial charge in [0.05, 0.1) is 0 Å². The van der Waals surface area contributed by atoms with E-state index in [-0.39, 0.29) is 21.7 Å². The summed E-state index contributed by atoms with van der Waals surface area (Å²) >= 11 is -3.11. The summed E-state index contributed by atoms with van der Waals surface area (Å²) in [7, 11) is 9.72. The summed E-state index contributed by atoms with van der Waals surface area (Å²) in [6, 6.07) is 0. The van der Waals surface area contributed by atoms with Crippen molar-refractivity contribution < 1.29 is 69.1 Å². The molecule has 0 aliphatic heterocycles. The molecule has 0 rings (SSSR count). The van der Waals surface area contributed by atoms with Crippen molar-refractivity contribution in [3.8, 4) is 0 Å². The van der Waals surface area contributed by atoms with Crippen molar-refractivity contribution in [2.45, 2.75) is 0 Å². The van der Waals surface area contributed by atoms with Crippen LogP contribution in [0.3, 0.4) is 0 Å². The van der Waals surface area contributed by atoms with Gasteiger partial charge in [0.1, 0.15) is 0 Å². The van der Waals surface area contributed by atoms with E-state index in [2.05, 4.69) is 0 Å². The smallest absolute Gasteiger partial charge is 4.00 e. The van der Waals surface area contributed by atoms with E-state index in [1.807, 2.05) is 0 Å². The van der Waals surface area contributed by atoms with Crippen LogP contribution in [-0.2, 0) is 54.9 Å². The standard InChI is InChI=1S/4ClH.2H2O4S.2Ti/c;;;;2*1-5(2,3)4;;/h4*1H;2*(H2,1,2,3,4);;/q;;;;;;2*+4/p-8. The normalized spacial score (nSPS) is 11.0. The van der Waals surface area contributed by atoms with Crippen LogP contribution in [0.1, 0.15) is 0 Å². The van der Waals surface area contributed by atoms with Crippen molar-refractivity contribution in [3.63, 3.8) is 0 Å². The molecule has 0 bridgehead atoms. The maximum Gasteiger partial charge on any atom is 4.00 e. The Morgan fingerprint density at radius 1 is 0.688 bits per heavy atom. The molecule has 0 saturated carbocycles. The molecule has 0 aliphatic carbocycles. The maximum absolute atomic E-state index is 8.52. The first-order valence-electron chi connectivity index (χ1n) is 2.09. The largest absolute Gasteiger partial charge is 4.00 e. The third-order valence-electron chi connectivity index (χ3n) is 0. The molecule has 0 spiro atoms. The molecular weight excluding hydrogens is 430 g/mol. The molecule has 0 aromatic heterocycles. The van der Waals surface area contributed by atoms with Gasteiger partial charge in [0, 0.05) is 20.8 Å². The zero-order valence-corrected chi connectivity index (χ0v) is 14.4. The number of hydrogen-bond donors (Lipinski definition) is 0. The molecule has 96 valence electrons. The van der Waals surface area contributed by atoms with Gasteiger partial charge >= 0.3 is 71.3 Å². The second-order valence-corrected chi connectivity index (χ2v) is 18.4. The first-order chi connectivity index (χ1) is 6.00. The number of hydrogen-bond acceptors (Lipinski definition) is 8. The predicted molar refractivity (Wildman–Crippen MR) is 44.4 cm³/mol. The molecule has 0 heterocycles. The molecule has 0 aromatic rings. The summed E-state index contributed by atoms with van der Waals surface area (Å²) in [5.41, 5.74) is 0. The molecule has 0 saturated heterocycles. The van der Waals surface area contributed by atoms with Crippen molar-refractivity contribution in [2.75, 3.05) is 0 Å². The fraction of sp³-hybridized carbons (Fsp3) is 0. The Kier molecular flexibility index (Phi) is 18.7. The molecule has 0 amide bonds. The van der Waals surface area contributed by atoms with Crippen molar-refractivity contribution in [3.05, 3.63) is 0 Å². The van der Waals surface area contributed by atoms with Crippen LogP contribution >= 0.6 is 37.2 Å². The Labute approximate surface area is 125 Å². The van der Waals surface area contributed by atoms with Gasteiger partial charge in [-0.15, -0.1) is 0 Å². The molecule has 16 heavy (non-hydrogen) atoms. The Balaban J connectivity index is -0.0000000655. The van der Waals surface area contributed by atoms with Crippen LogP contribution in [0.2, 0.25) is 0 Å². The third-order valence-corrected chi connectivity index (χ3v) is 0.